The first-order valence-corrected chi connectivity index (χ1v) is 17.4. The summed E-state index contributed by atoms with van der Waals surface area (Å²) in [7, 11) is 0. The molecule has 258 valence electrons. The molecule has 9 heteroatoms. The summed E-state index contributed by atoms with van der Waals surface area (Å²) in [6.07, 6.45) is 1.67. The van der Waals surface area contributed by atoms with Crippen LogP contribution >= 0.6 is 22.9 Å². The van der Waals surface area contributed by atoms with Gasteiger partial charge in [0.05, 0.1) is 17.2 Å². The van der Waals surface area contributed by atoms with Crippen LogP contribution in [-0.4, -0.2) is 64.2 Å². The van der Waals surface area contributed by atoms with Crippen molar-refractivity contribution in [3.63, 3.8) is 0 Å². The van der Waals surface area contributed by atoms with Crippen LogP contribution in [0.15, 0.2) is 155 Å². The van der Waals surface area contributed by atoms with E-state index in [1.807, 2.05) is 60.7 Å². The van der Waals surface area contributed by atoms with E-state index in [0.717, 1.165) is 65.0 Å². The Balaban J connectivity index is 0.000000355. The lowest BCUT2D eigenvalue weighted by Crippen LogP contribution is -2.46. The van der Waals surface area contributed by atoms with Crippen molar-refractivity contribution < 1.29 is 9.84 Å². The van der Waals surface area contributed by atoms with Crippen LogP contribution in [-0.2, 0) is 13.2 Å². The number of piperazine rings is 1. The maximum Gasteiger partial charge on any atom is 0.232 e. The third-order valence-electron chi connectivity index (χ3n) is 7.35. The Morgan fingerprint density at radius 1 is 0.774 bits per heavy atom. The minimum atomic E-state index is 0.187. The minimum absolute atomic E-state index is 0.187. The van der Waals surface area contributed by atoms with Gasteiger partial charge < -0.3 is 9.84 Å². The van der Waals surface area contributed by atoms with Crippen LogP contribution in [0.5, 0.6) is 5.88 Å². The Kier molecular flexibility index (Phi) is 16.6. The smallest absolute Gasteiger partial charge is 0.232 e. The summed E-state index contributed by atoms with van der Waals surface area (Å²) in [6.45, 7) is 12.1. The molecule has 0 radical (unpaired) electrons. The number of aliphatic hydroxyl groups is 1. The molecule has 1 aliphatic heterocycles. The van der Waals surface area contributed by atoms with Crippen molar-refractivity contribution in [2.75, 3.05) is 39.3 Å². The molecule has 5 rings (SSSR count). The molecule has 53 heavy (non-hydrogen) atoms. The molecule has 2 aromatic heterocycles. The van der Waals surface area contributed by atoms with E-state index in [1.165, 1.54) is 0 Å². The first-order chi connectivity index (χ1) is 26.1. The molecule has 0 amide bonds. The number of benzene rings is 2. The summed E-state index contributed by atoms with van der Waals surface area (Å²) in [5.41, 5.74) is 36.1. The van der Waals surface area contributed by atoms with E-state index in [4.69, 9.17) is 21.3 Å². The zero-order valence-corrected chi connectivity index (χ0v) is 30.4. The maximum atomic E-state index is 9.90. The molecule has 7 nitrogen and oxygen atoms in total. The van der Waals surface area contributed by atoms with Gasteiger partial charge in [-0.1, -0.05) is 65.5 Å². The van der Waals surface area contributed by atoms with Gasteiger partial charge in [0.15, 0.2) is 0 Å². The molecule has 4 aromatic rings. The number of rotatable bonds is 9. The minimum Gasteiger partial charge on any atom is -0.469 e. The van der Waals surface area contributed by atoms with Crippen LogP contribution < -0.4 is 4.74 Å². The second kappa shape index (κ2) is 22.4. The van der Waals surface area contributed by atoms with Crippen LogP contribution in [0.2, 0.25) is 5.02 Å². The standard InChI is InChI=1S/C29H28ClN5O2S.C15H4/c30-23-8-6-22(7-9-23)28-26(19-35-14-12-34(13-15-35)16-17-36)33-27(38-28)20-37-29-25(18-31)24(10-11-32-29)21-4-2-1-3-5-21;1-3-5-7-9-11-13-15-14-12-10-8-6-4-2/h1-11,36H,12-17,19-20H2;1-2H2. The molecule has 0 saturated carbocycles. The van der Waals surface area contributed by atoms with Crippen molar-refractivity contribution in [2.24, 2.45) is 0 Å². The summed E-state index contributed by atoms with van der Waals surface area (Å²) in [6, 6.07) is 21.7. The molecule has 0 unspecified atom stereocenters. The van der Waals surface area contributed by atoms with Gasteiger partial charge in [-0.25, -0.2) is 9.97 Å². The SMILES string of the molecule is C=C=C=C=C=C=C=C=C=C=C=C=C=C=C.N#Cc1c(-c2ccccc2)ccnc1OCc1nc(CN2CCN(CCO)CC2)c(-c2ccc(Cl)cc2)s1. The number of hydrogen-bond donors (Lipinski definition) is 1. The molecule has 0 aliphatic carbocycles. The number of nitriles is 1. The van der Waals surface area contributed by atoms with Gasteiger partial charge in [-0.2, -0.15) is 5.26 Å². The van der Waals surface area contributed by atoms with Crippen LogP contribution in [0.4, 0.5) is 0 Å². The number of aliphatic hydroxyl groups excluding tert-OH is 1. The van der Waals surface area contributed by atoms with E-state index >= 15 is 0 Å². The van der Waals surface area contributed by atoms with E-state index < -0.39 is 0 Å². The molecule has 2 aromatic carbocycles. The van der Waals surface area contributed by atoms with E-state index in [2.05, 4.69) is 109 Å². The number of nitrogens with zero attached hydrogens (tertiary/aromatic N) is 5. The fourth-order valence-corrected chi connectivity index (χ4v) is 6.06. The maximum absolute atomic E-state index is 9.90. The van der Waals surface area contributed by atoms with Gasteiger partial charge in [0.2, 0.25) is 5.88 Å². The Morgan fingerprint density at radius 3 is 1.92 bits per heavy atom. The highest BCUT2D eigenvalue weighted by Crippen LogP contribution is 2.34. The lowest BCUT2D eigenvalue weighted by atomic mass is 10.0. The highest BCUT2D eigenvalue weighted by Gasteiger charge is 2.21. The molecule has 1 saturated heterocycles. The van der Waals surface area contributed by atoms with Crippen LogP contribution in [0.25, 0.3) is 21.6 Å². The highest BCUT2D eigenvalue weighted by molar-refractivity contribution is 7.15. The van der Waals surface area contributed by atoms with Crippen molar-refractivity contribution in [1.29, 1.82) is 5.26 Å². The molecule has 1 aliphatic rings. The topological polar surface area (TPSA) is 85.5 Å². The Morgan fingerprint density at radius 2 is 1.36 bits per heavy atom. The van der Waals surface area contributed by atoms with Crippen LogP contribution in [0.1, 0.15) is 16.3 Å². The average Bonchev–Trinajstić information content (AvgIpc) is 3.60. The summed E-state index contributed by atoms with van der Waals surface area (Å²) < 4.78 is 6.08. The lowest BCUT2D eigenvalue weighted by Gasteiger charge is -2.34. The van der Waals surface area contributed by atoms with Gasteiger partial charge in [-0.3, -0.25) is 9.80 Å². The summed E-state index contributed by atoms with van der Waals surface area (Å²) in [4.78, 5) is 15.1. The summed E-state index contributed by atoms with van der Waals surface area (Å²) >= 11 is 7.74. The predicted molar refractivity (Wildman–Crippen MR) is 207 cm³/mol. The van der Waals surface area contributed by atoms with E-state index in [0.29, 0.717) is 23.0 Å². The number of thiazole rings is 1. The quantitative estimate of drug-likeness (QED) is 0.175. The number of ether oxygens (including phenoxy) is 1. The summed E-state index contributed by atoms with van der Waals surface area (Å²) in [5, 5.41) is 20.6. The molecule has 1 N–H and O–H groups in total. The number of aromatic nitrogens is 2. The molecule has 0 spiro atoms. The molecular formula is C44H32ClN5O2S. The van der Waals surface area contributed by atoms with Gasteiger partial charge in [0.1, 0.15) is 23.2 Å². The lowest BCUT2D eigenvalue weighted by molar-refractivity contribution is 0.108. The number of hydrogen-bond acceptors (Lipinski definition) is 8. The molecule has 3 heterocycles. The van der Waals surface area contributed by atoms with Crippen molar-refractivity contribution in [1.82, 2.24) is 19.8 Å². The van der Waals surface area contributed by atoms with Crippen LogP contribution in [0.3, 0.4) is 0 Å². The predicted octanol–water partition coefficient (Wildman–Crippen LogP) is 7.90. The molecule has 0 bridgehead atoms. The number of pyridine rings is 1. The van der Waals surface area contributed by atoms with E-state index in [9.17, 15) is 10.4 Å². The molecule has 0 atom stereocenters. The Labute approximate surface area is 318 Å². The van der Waals surface area contributed by atoms with E-state index in [-0.39, 0.29) is 13.2 Å². The Hall–Kier alpha value is -6.44. The average molecular weight is 730 g/mol. The largest absolute Gasteiger partial charge is 0.469 e. The van der Waals surface area contributed by atoms with E-state index in [1.54, 1.807) is 17.5 Å². The Bertz CT molecular complexity index is 2370. The van der Waals surface area contributed by atoms with Crippen LogP contribution in [0, 0.1) is 11.3 Å². The zero-order valence-electron chi connectivity index (χ0n) is 28.8. The fourth-order valence-electron chi connectivity index (χ4n) is 4.94. The number of β-amino-alcohol motifs (C(OH)–C–C–N with tert-alkyl or cyclic N) is 1. The van der Waals surface area contributed by atoms with Gasteiger partial charge in [0, 0.05) is 56.1 Å². The monoisotopic (exact) mass is 729 g/mol. The normalized spacial score (nSPS) is 11.3. The van der Waals surface area contributed by atoms with Crippen molar-refractivity contribution >= 4 is 22.9 Å². The van der Waals surface area contributed by atoms with Crippen molar-refractivity contribution in [3.05, 3.63) is 176 Å². The first-order valence-electron chi connectivity index (χ1n) is 16.2. The van der Waals surface area contributed by atoms with Gasteiger partial charge in [-0.15, -0.1) is 11.3 Å². The van der Waals surface area contributed by atoms with Crippen molar-refractivity contribution in [2.45, 2.75) is 13.2 Å². The third kappa shape index (κ3) is 13.0. The van der Waals surface area contributed by atoms with Gasteiger partial charge >= 0.3 is 0 Å². The molecule has 1 fully saturated rings. The second-order valence-corrected chi connectivity index (χ2v) is 12.3. The first kappa shape index (κ1) is 39.3. The van der Waals surface area contributed by atoms with Crippen molar-refractivity contribution in [3.8, 4) is 33.5 Å². The second-order valence-electron chi connectivity index (χ2n) is 10.8. The van der Waals surface area contributed by atoms with Gasteiger partial charge in [0.25, 0.3) is 0 Å². The highest BCUT2D eigenvalue weighted by atomic mass is 35.5. The number of halogens is 1. The zero-order chi connectivity index (χ0) is 37.5. The fraction of sp³-hybridized carbons (Fsp3) is 0.182. The molecular weight excluding hydrogens is 698 g/mol. The summed E-state index contributed by atoms with van der Waals surface area (Å²) in [5.74, 6) is 0.304. The van der Waals surface area contributed by atoms with Gasteiger partial charge in [-0.05, 0) is 106 Å². The third-order valence-corrected chi connectivity index (χ3v) is 8.72.